The molecule has 0 aliphatic carbocycles. The van der Waals surface area contributed by atoms with E-state index >= 15 is 0 Å². The van der Waals surface area contributed by atoms with Gasteiger partial charge < -0.3 is 24.2 Å². The third-order valence-corrected chi connectivity index (χ3v) is 7.17. The van der Waals surface area contributed by atoms with Crippen LogP contribution in [0, 0.1) is 11.8 Å². The Bertz CT molecular complexity index is 973. The molecule has 1 amide bonds. The monoisotopic (exact) mass is 481 g/mol. The van der Waals surface area contributed by atoms with Crippen LogP contribution in [-0.4, -0.2) is 60.9 Å². The summed E-state index contributed by atoms with van der Waals surface area (Å²) in [6.07, 6.45) is 2.84. The second-order valence-corrected chi connectivity index (χ2v) is 9.57. The Labute approximate surface area is 207 Å². The molecule has 1 N–H and O–H groups in total. The van der Waals surface area contributed by atoms with Gasteiger partial charge in [0.15, 0.2) is 0 Å². The average Bonchev–Trinajstić information content (AvgIpc) is 3.28. The Morgan fingerprint density at radius 1 is 1.09 bits per heavy atom. The first-order chi connectivity index (χ1) is 16.9. The number of amides is 1. The molecule has 2 aliphatic rings. The third kappa shape index (κ3) is 6.41. The number of nitrogens with zero attached hydrogens (tertiary/aromatic N) is 1. The summed E-state index contributed by atoms with van der Waals surface area (Å²) in [5.74, 6) is 0.209. The number of carboxylic acids is 1. The number of carbonyl (C=O) groups is 2. The minimum Gasteiger partial charge on any atom is -0.490 e. The maximum absolute atomic E-state index is 12.6. The van der Waals surface area contributed by atoms with Crippen molar-refractivity contribution < 1.29 is 28.9 Å². The van der Waals surface area contributed by atoms with Gasteiger partial charge in [0.1, 0.15) is 11.9 Å². The number of carbonyl (C=O) groups excluding carboxylic acids is 1. The summed E-state index contributed by atoms with van der Waals surface area (Å²) in [4.78, 5) is 24.9. The van der Waals surface area contributed by atoms with E-state index in [4.69, 9.17) is 19.3 Å². The van der Waals surface area contributed by atoms with E-state index in [2.05, 4.69) is 19.1 Å². The molecule has 188 valence electrons. The zero-order chi connectivity index (χ0) is 24.8. The third-order valence-electron chi connectivity index (χ3n) is 7.17. The smallest absolute Gasteiger partial charge is 0.305 e. The van der Waals surface area contributed by atoms with Crippen LogP contribution in [0.5, 0.6) is 5.75 Å². The highest BCUT2D eigenvalue weighted by Gasteiger charge is 2.43. The molecule has 0 spiro atoms. The summed E-state index contributed by atoms with van der Waals surface area (Å²) in [5, 5.41) is 8.86. The van der Waals surface area contributed by atoms with Gasteiger partial charge in [0, 0.05) is 44.2 Å². The van der Waals surface area contributed by atoms with Crippen molar-refractivity contribution >= 4 is 11.9 Å². The van der Waals surface area contributed by atoms with Crippen LogP contribution in [0.1, 0.15) is 54.6 Å². The Balaban J connectivity index is 1.47. The summed E-state index contributed by atoms with van der Waals surface area (Å²) in [5.41, 5.74) is 1.71. The summed E-state index contributed by atoms with van der Waals surface area (Å²) >= 11 is 0. The lowest BCUT2D eigenvalue weighted by atomic mass is 9.81. The van der Waals surface area contributed by atoms with Crippen LogP contribution in [0.25, 0.3) is 0 Å². The van der Waals surface area contributed by atoms with E-state index in [1.54, 1.807) is 19.2 Å². The highest BCUT2D eigenvalue weighted by atomic mass is 16.5. The molecule has 0 bridgehead atoms. The fourth-order valence-electron chi connectivity index (χ4n) is 5.13. The molecule has 0 radical (unpaired) electrons. The van der Waals surface area contributed by atoms with Crippen molar-refractivity contribution in [1.29, 1.82) is 0 Å². The molecule has 2 heterocycles. The van der Waals surface area contributed by atoms with Gasteiger partial charge in [-0.2, -0.15) is 0 Å². The molecule has 35 heavy (non-hydrogen) atoms. The molecule has 7 nitrogen and oxygen atoms in total. The minimum atomic E-state index is -0.924. The van der Waals surface area contributed by atoms with Crippen molar-refractivity contribution in [3.05, 3.63) is 65.7 Å². The van der Waals surface area contributed by atoms with Gasteiger partial charge in [-0.3, -0.25) is 9.59 Å². The van der Waals surface area contributed by atoms with Gasteiger partial charge in [-0.25, -0.2) is 0 Å². The number of hydrogen-bond acceptors (Lipinski definition) is 5. The molecule has 4 atom stereocenters. The fraction of sp³-hybridized carbons (Fsp3) is 0.500. The molecule has 7 heteroatoms. The average molecular weight is 482 g/mol. The van der Waals surface area contributed by atoms with Crippen LogP contribution >= 0.6 is 0 Å². The molecule has 4 rings (SSSR count). The molecule has 2 fully saturated rings. The Morgan fingerprint density at radius 3 is 2.43 bits per heavy atom. The molecule has 2 aromatic rings. The molecule has 0 saturated carbocycles. The predicted molar refractivity (Wildman–Crippen MR) is 131 cm³/mol. The first-order valence-corrected chi connectivity index (χ1v) is 12.4. The Kier molecular flexibility index (Phi) is 8.42. The zero-order valence-corrected chi connectivity index (χ0v) is 20.5. The van der Waals surface area contributed by atoms with E-state index in [9.17, 15) is 9.59 Å². The lowest BCUT2D eigenvalue weighted by Gasteiger charge is -2.35. The van der Waals surface area contributed by atoms with Gasteiger partial charge in [-0.1, -0.05) is 30.3 Å². The van der Waals surface area contributed by atoms with Crippen LogP contribution in [0.4, 0.5) is 0 Å². The predicted octanol–water partition coefficient (Wildman–Crippen LogP) is 4.57. The largest absolute Gasteiger partial charge is 0.490 e. The summed E-state index contributed by atoms with van der Waals surface area (Å²) < 4.78 is 18.6. The van der Waals surface area contributed by atoms with Crippen molar-refractivity contribution in [2.45, 2.75) is 50.9 Å². The molecule has 4 unspecified atom stereocenters. The summed E-state index contributed by atoms with van der Waals surface area (Å²) in [6.45, 7) is 3.79. The van der Waals surface area contributed by atoms with E-state index in [1.807, 2.05) is 30.3 Å². The number of hydrogen-bond donors (Lipinski definition) is 1. The van der Waals surface area contributed by atoms with Crippen LogP contribution < -0.4 is 4.74 Å². The van der Waals surface area contributed by atoms with Gasteiger partial charge in [-0.15, -0.1) is 0 Å². The molecule has 0 aromatic heterocycles. The minimum absolute atomic E-state index is 0.0117. The number of benzene rings is 2. The second kappa shape index (κ2) is 11.7. The first-order valence-electron chi connectivity index (χ1n) is 12.4. The summed E-state index contributed by atoms with van der Waals surface area (Å²) in [7, 11) is 1.61. The van der Waals surface area contributed by atoms with Crippen LogP contribution in [0.3, 0.4) is 0 Å². The maximum atomic E-state index is 12.6. The van der Waals surface area contributed by atoms with Gasteiger partial charge >= 0.3 is 5.97 Å². The number of ether oxygens (including phenoxy) is 3. The lowest BCUT2D eigenvalue weighted by molar-refractivity contribution is -0.137. The quantitative estimate of drug-likeness (QED) is 0.565. The van der Waals surface area contributed by atoms with Crippen LogP contribution in [-0.2, 0) is 14.3 Å². The first kappa shape index (κ1) is 25.2. The van der Waals surface area contributed by atoms with E-state index in [0.29, 0.717) is 11.5 Å². The van der Waals surface area contributed by atoms with Crippen molar-refractivity contribution in [3.8, 4) is 5.75 Å². The van der Waals surface area contributed by atoms with Crippen molar-refractivity contribution in [1.82, 2.24) is 4.90 Å². The molecule has 2 aliphatic heterocycles. The van der Waals surface area contributed by atoms with E-state index in [-0.39, 0.29) is 43.1 Å². The number of carboxylic acid groups (broad SMARTS) is 1. The molecular weight excluding hydrogens is 446 g/mol. The highest BCUT2D eigenvalue weighted by Crippen LogP contribution is 2.42. The van der Waals surface area contributed by atoms with Gasteiger partial charge in [0.2, 0.25) is 0 Å². The topological polar surface area (TPSA) is 85.3 Å². The van der Waals surface area contributed by atoms with Gasteiger partial charge in [0.05, 0.1) is 18.6 Å². The van der Waals surface area contributed by atoms with Gasteiger partial charge in [0.25, 0.3) is 5.91 Å². The second-order valence-electron chi connectivity index (χ2n) is 9.57. The maximum Gasteiger partial charge on any atom is 0.305 e. The Hall–Kier alpha value is -2.90. The summed E-state index contributed by atoms with van der Waals surface area (Å²) in [6, 6.07) is 17.5. The number of rotatable bonds is 9. The normalized spacial score (nSPS) is 23.5. The molecule has 2 aromatic carbocycles. The molecule has 2 saturated heterocycles. The lowest BCUT2D eigenvalue weighted by Crippen LogP contribution is -2.40. The number of aliphatic carboxylic acids is 1. The van der Waals surface area contributed by atoms with Crippen molar-refractivity contribution in [3.63, 3.8) is 0 Å². The SMILES string of the molecule is CC1OC(c2ccccc2)CC1C(Oc1ccc(C(=O)N(C)CCC(=O)O)cc1)C1CCOCC1. The van der Waals surface area contributed by atoms with Crippen molar-refractivity contribution in [2.75, 3.05) is 26.8 Å². The van der Waals surface area contributed by atoms with E-state index < -0.39 is 5.97 Å². The van der Waals surface area contributed by atoms with E-state index in [0.717, 1.165) is 38.2 Å². The van der Waals surface area contributed by atoms with Crippen LogP contribution in [0.15, 0.2) is 54.6 Å². The Morgan fingerprint density at radius 2 is 1.77 bits per heavy atom. The zero-order valence-electron chi connectivity index (χ0n) is 20.5. The van der Waals surface area contributed by atoms with Crippen molar-refractivity contribution in [2.24, 2.45) is 11.8 Å². The standard InChI is InChI=1S/C28H35NO6/c1-19-24(18-25(34-19)20-6-4-3-5-7-20)27(21-13-16-33-17-14-21)35-23-10-8-22(9-11-23)28(32)29(2)15-12-26(30)31/h3-11,19,21,24-25,27H,12-18H2,1-2H3,(H,30,31). The fourth-order valence-corrected chi connectivity index (χ4v) is 5.13. The van der Waals surface area contributed by atoms with Gasteiger partial charge in [-0.05, 0) is 56.0 Å². The van der Waals surface area contributed by atoms with Crippen LogP contribution in [0.2, 0.25) is 0 Å². The van der Waals surface area contributed by atoms with E-state index in [1.165, 1.54) is 10.5 Å². The molecular formula is C28H35NO6. The highest BCUT2D eigenvalue weighted by molar-refractivity contribution is 5.94.